The molecule has 0 unspecified atom stereocenters. The predicted molar refractivity (Wildman–Crippen MR) is 69.4 cm³/mol. The molecule has 0 aliphatic heterocycles. The molecule has 3 aromatic rings. The van der Waals surface area contributed by atoms with E-state index in [9.17, 15) is 4.79 Å². The lowest BCUT2D eigenvalue weighted by Crippen LogP contribution is -2.08. The molecule has 0 spiro atoms. The van der Waals surface area contributed by atoms with Gasteiger partial charge < -0.3 is 4.42 Å². The largest absolute Gasteiger partial charge is 0.419 e. The van der Waals surface area contributed by atoms with E-state index in [4.69, 9.17) is 4.42 Å². The van der Waals surface area contributed by atoms with E-state index in [1.165, 1.54) is 4.57 Å². The van der Waals surface area contributed by atoms with Crippen LogP contribution in [0.4, 0.5) is 0 Å². The molecule has 0 amide bonds. The summed E-state index contributed by atoms with van der Waals surface area (Å²) in [5, 5.41) is 0. The fourth-order valence-electron chi connectivity index (χ4n) is 2.06. The van der Waals surface area contributed by atoms with Gasteiger partial charge in [0, 0.05) is 25.0 Å². The normalized spacial score (nSPS) is 11.0. The molecule has 0 saturated heterocycles. The number of oxazole rings is 1. The van der Waals surface area contributed by atoms with Crippen LogP contribution in [0.25, 0.3) is 22.2 Å². The Morgan fingerprint density at radius 1 is 1.28 bits per heavy atom. The van der Waals surface area contributed by atoms with Crippen LogP contribution in [-0.4, -0.2) is 9.55 Å². The summed E-state index contributed by atoms with van der Waals surface area (Å²) in [6.07, 6.45) is 3.60. The Kier molecular flexibility index (Phi) is 2.30. The number of aryl methyl sites for hydroxylation is 2. The molecular weight excluding hydrogens is 228 g/mol. The summed E-state index contributed by atoms with van der Waals surface area (Å²) in [5.74, 6) is -0.343. The first-order valence-electron chi connectivity index (χ1n) is 5.67. The fourth-order valence-corrected chi connectivity index (χ4v) is 2.06. The minimum Gasteiger partial charge on any atom is -0.408 e. The lowest BCUT2D eigenvalue weighted by Gasteiger charge is -2.04. The van der Waals surface area contributed by atoms with Gasteiger partial charge in [0.2, 0.25) is 0 Å². The summed E-state index contributed by atoms with van der Waals surface area (Å²) in [5.41, 5.74) is 4.64. The van der Waals surface area contributed by atoms with E-state index in [-0.39, 0.29) is 5.76 Å². The van der Waals surface area contributed by atoms with Crippen molar-refractivity contribution >= 4 is 11.1 Å². The Morgan fingerprint density at radius 2 is 2.11 bits per heavy atom. The summed E-state index contributed by atoms with van der Waals surface area (Å²) in [4.78, 5) is 15.6. The maximum Gasteiger partial charge on any atom is 0.419 e. The number of hydrogen-bond acceptors (Lipinski definition) is 3. The van der Waals surface area contributed by atoms with Gasteiger partial charge in [-0.05, 0) is 36.2 Å². The molecule has 4 nitrogen and oxygen atoms in total. The average molecular weight is 240 g/mol. The number of benzene rings is 1. The van der Waals surface area contributed by atoms with Crippen molar-refractivity contribution in [1.29, 1.82) is 0 Å². The monoisotopic (exact) mass is 240 g/mol. The third-order valence-electron chi connectivity index (χ3n) is 3.14. The zero-order valence-electron chi connectivity index (χ0n) is 10.2. The van der Waals surface area contributed by atoms with Crippen molar-refractivity contribution in [1.82, 2.24) is 9.55 Å². The Hall–Kier alpha value is -2.36. The van der Waals surface area contributed by atoms with E-state index < -0.39 is 0 Å². The topological polar surface area (TPSA) is 48.0 Å². The van der Waals surface area contributed by atoms with Crippen molar-refractivity contribution in [2.75, 3.05) is 0 Å². The quantitative estimate of drug-likeness (QED) is 0.656. The van der Waals surface area contributed by atoms with E-state index >= 15 is 0 Å². The first-order valence-corrected chi connectivity index (χ1v) is 5.67. The van der Waals surface area contributed by atoms with E-state index in [1.807, 2.05) is 37.4 Å². The molecule has 2 aromatic heterocycles. The number of aromatic nitrogens is 2. The fraction of sp³-hybridized carbons (Fsp3) is 0.143. The molecular formula is C14H12N2O2. The first-order chi connectivity index (χ1) is 8.66. The van der Waals surface area contributed by atoms with Crippen molar-refractivity contribution in [3.63, 3.8) is 0 Å². The molecule has 2 heterocycles. The van der Waals surface area contributed by atoms with E-state index in [0.29, 0.717) is 5.58 Å². The highest BCUT2D eigenvalue weighted by Crippen LogP contribution is 2.25. The molecule has 0 fully saturated rings. The van der Waals surface area contributed by atoms with Crippen molar-refractivity contribution in [3.05, 3.63) is 52.8 Å². The van der Waals surface area contributed by atoms with Crippen LogP contribution in [0.2, 0.25) is 0 Å². The second-order valence-electron chi connectivity index (χ2n) is 4.30. The molecule has 3 rings (SSSR count). The summed E-state index contributed by atoms with van der Waals surface area (Å²) < 4.78 is 6.62. The summed E-state index contributed by atoms with van der Waals surface area (Å²) in [6.45, 7) is 2.04. The zero-order valence-corrected chi connectivity index (χ0v) is 10.2. The van der Waals surface area contributed by atoms with E-state index in [0.717, 1.165) is 22.2 Å². The molecule has 90 valence electrons. The molecule has 0 aliphatic carbocycles. The van der Waals surface area contributed by atoms with Gasteiger partial charge in [0.25, 0.3) is 0 Å². The number of pyridine rings is 1. The van der Waals surface area contributed by atoms with Gasteiger partial charge in [-0.2, -0.15) is 0 Å². The number of hydrogen-bond donors (Lipinski definition) is 0. The van der Waals surface area contributed by atoms with Crippen LogP contribution in [0.15, 0.2) is 45.9 Å². The Bertz CT molecular complexity index is 784. The van der Waals surface area contributed by atoms with Crippen molar-refractivity contribution in [2.24, 2.45) is 7.05 Å². The standard InChI is InChI=1S/C14H12N2O2/c1-9-5-6-15-8-11(9)10-3-4-13-12(7-10)16(2)14(17)18-13/h3-8H,1-2H3. The van der Waals surface area contributed by atoms with Crippen LogP contribution in [0.1, 0.15) is 5.56 Å². The van der Waals surface area contributed by atoms with Crippen LogP contribution in [0.5, 0.6) is 0 Å². The van der Waals surface area contributed by atoms with Crippen LogP contribution < -0.4 is 5.76 Å². The van der Waals surface area contributed by atoms with Crippen molar-refractivity contribution < 1.29 is 4.42 Å². The first kappa shape index (κ1) is 10.8. The van der Waals surface area contributed by atoms with Gasteiger partial charge in [0.05, 0.1) is 5.52 Å². The van der Waals surface area contributed by atoms with Crippen LogP contribution in [0.3, 0.4) is 0 Å². The zero-order chi connectivity index (χ0) is 12.7. The highest BCUT2D eigenvalue weighted by Gasteiger charge is 2.08. The van der Waals surface area contributed by atoms with E-state index in [2.05, 4.69) is 4.98 Å². The molecule has 0 atom stereocenters. The second kappa shape index (κ2) is 3.84. The molecule has 0 saturated carbocycles. The summed E-state index contributed by atoms with van der Waals surface area (Å²) >= 11 is 0. The number of fused-ring (bicyclic) bond motifs is 1. The summed E-state index contributed by atoms with van der Waals surface area (Å²) in [6, 6.07) is 7.67. The summed E-state index contributed by atoms with van der Waals surface area (Å²) in [7, 11) is 1.70. The molecule has 0 aliphatic rings. The minimum absolute atomic E-state index is 0.343. The molecule has 1 aromatic carbocycles. The predicted octanol–water partition coefficient (Wildman–Crippen LogP) is 2.50. The van der Waals surface area contributed by atoms with Crippen LogP contribution in [-0.2, 0) is 7.05 Å². The molecule has 4 heteroatoms. The van der Waals surface area contributed by atoms with Crippen molar-refractivity contribution in [3.8, 4) is 11.1 Å². The van der Waals surface area contributed by atoms with Gasteiger partial charge >= 0.3 is 5.76 Å². The molecule has 18 heavy (non-hydrogen) atoms. The lowest BCUT2D eigenvalue weighted by molar-refractivity contribution is 0.528. The SMILES string of the molecule is Cc1ccncc1-c1ccc2oc(=O)n(C)c2c1. The Morgan fingerprint density at radius 3 is 2.89 bits per heavy atom. The average Bonchev–Trinajstić information content (AvgIpc) is 2.66. The van der Waals surface area contributed by atoms with Crippen molar-refractivity contribution in [2.45, 2.75) is 6.92 Å². The van der Waals surface area contributed by atoms with Gasteiger partial charge in [-0.3, -0.25) is 9.55 Å². The third-order valence-corrected chi connectivity index (χ3v) is 3.14. The smallest absolute Gasteiger partial charge is 0.408 e. The third kappa shape index (κ3) is 1.54. The number of nitrogens with zero attached hydrogens (tertiary/aromatic N) is 2. The molecule has 0 bridgehead atoms. The van der Waals surface area contributed by atoms with Gasteiger partial charge in [-0.1, -0.05) is 6.07 Å². The second-order valence-corrected chi connectivity index (χ2v) is 4.30. The lowest BCUT2D eigenvalue weighted by atomic mass is 10.0. The highest BCUT2D eigenvalue weighted by molar-refractivity contribution is 5.81. The molecule has 0 N–H and O–H groups in total. The maximum atomic E-state index is 11.4. The Balaban J connectivity index is 2.28. The maximum absolute atomic E-state index is 11.4. The Labute approximate surface area is 104 Å². The van der Waals surface area contributed by atoms with Crippen LogP contribution >= 0.6 is 0 Å². The van der Waals surface area contributed by atoms with Gasteiger partial charge in [0.15, 0.2) is 5.58 Å². The number of rotatable bonds is 1. The molecule has 0 radical (unpaired) electrons. The van der Waals surface area contributed by atoms with Gasteiger partial charge in [-0.15, -0.1) is 0 Å². The van der Waals surface area contributed by atoms with Crippen LogP contribution in [0, 0.1) is 6.92 Å². The highest BCUT2D eigenvalue weighted by atomic mass is 16.4. The minimum atomic E-state index is -0.343. The van der Waals surface area contributed by atoms with Gasteiger partial charge in [0.1, 0.15) is 0 Å². The van der Waals surface area contributed by atoms with E-state index in [1.54, 1.807) is 13.2 Å². The van der Waals surface area contributed by atoms with Gasteiger partial charge in [-0.25, -0.2) is 4.79 Å².